The van der Waals surface area contributed by atoms with Gasteiger partial charge < -0.3 is 0 Å². The Morgan fingerprint density at radius 2 is 0.956 bits per heavy atom. The van der Waals surface area contributed by atoms with Gasteiger partial charge >= 0.3 is 0 Å². The van der Waals surface area contributed by atoms with Crippen molar-refractivity contribution in [3.8, 4) is 39.3 Å². The van der Waals surface area contributed by atoms with Gasteiger partial charge in [-0.05, 0) is 79.3 Å². The van der Waals surface area contributed by atoms with Crippen molar-refractivity contribution in [3.05, 3.63) is 164 Å². The van der Waals surface area contributed by atoms with Gasteiger partial charge in [0, 0.05) is 23.0 Å². The molecule has 0 atom stereocenters. The summed E-state index contributed by atoms with van der Waals surface area (Å²) >= 11 is 0. The molecule has 0 saturated heterocycles. The molecular formula is C42H27N3. The molecule has 0 radical (unpaired) electrons. The molecule has 0 aliphatic carbocycles. The van der Waals surface area contributed by atoms with Gasteiger partial charge in [0.25, 0.3) is 0 Å². The zero-order chi connectivity index (χ0) is 29.7. The SMILES string of the molecule is c1ccc(-c2ccnc3c2nc(-c2cccc(-c4ccc5c6ccccc6c6ccccc6c5c4)c2)n3-c2ccccc2)cc1. The van der Waals surface area contributed by atoms with Crippen LogP contribution < -0.4 is 0 Å². The summed E-state index contributed by atoms with van der Waals surface area (Å²) in [6.45, 7) is 0. The van der Waals surface area contributed by atoms with Gasteiger partial charge in [-0.1, -0.05) is 127 Å². The van der Waals surface area contributed by atoms with Crippen LogP contribution in [0.4, 0.5) is 0 Å². The van der Waals surface area contributed by atoms with Crippen LogP contribution >= 0.6 is 0 Å². The summed E-state index contributed by atoms with van der Waals surface area (Å²) in [6.07, 6.45) is 1.88. The highest BCUT2D eigenvalue weighted by Crippen LogP contribution is 2.38. The Balaban J connectivity index is 1.26. The Morgan fingerprint density at radius 1 is 0.400 bits per heavy atom. The average Bonchev–Trinajstić information content (AvgIpc) is 3.52. The van der Waals surface area contributed by atoms with Crippen molar-refractivity contribution in [2.45, 2.75) is 0 Å². The van der Waals surface area contributed by atoms with Gasteiger partial charge in [0.2, 0.25) is 0 Å². The predicted molar refractivity (Wildman–Crippen MR) is 188 cm³/mol. The van der Waals surface area contributed by atoms with E-state index in [4.69, 9.17) is 9.97 Å². The number of benzene rings is 7. The third-order valence-corrected chi connectivity index (χ3v) is 8.84. The normalized spacial score (nSPS) is 11.6. The Bertz CT molecular complexity index is 2490. The summed E-state index contributed by atoms with van der Waals surface area (Å²) in [4.78, 5) is 10.2. The third-order valence-electron chi connectivity index (χ3n) is 8.84. The van der Waals surface area contributed by atoms with E-state index >= 15 is 0 Å². The van der Waals surface area contributed by atoms with Crippen LogP contribution in [-0.4, -0.2) is 14.5 Å². The molecule has 0 fully saturated rings. The average molecular weight is 574 g/mol. The van der Waals surface area contributed by atoms with Gasteiger partial charge in [0.1, 0.15) is 11.3 Å². The Kier molecular flexibility index (Phi) is 5.82. The molecule has 3 nitrogen and oxygen atoms in total. The summed E-state index contributed by atoms with van der Waals surface area (Å²) in [7, 11) is 0. The molecule has 9 rings (SSSR count). The summed E-state index contributed by atoms with van der Waals surface area (Å²) in [6, 6.07) is 55.9. The van der Waals surface area contributed by atoms with E-state index in [9.17, 15) is 0 Å². The zero-order valence-corrected chi connectivity index (χ0v) is 24.4. The molecule has 0 amide bonds. The van der Waals surface area contributed by atoms with Crippen molar-refractivity contribution in [3.63, 3.8) is 0 Å². The first-order valence-corrected chi connectivity index (χ1v) is 15.3. The van der Waals surface area contributed by atoms with Gasteiger partial charge in [-0.3, -0.25) is 4.57 Å². The monoisotopic (exact) mass is 573 g/mol. The highest BCUT2D eigenvalue weighted by atomic mass is 15.1. The first-order valence-electron chi connectivity index (χ1n) is 15.3. The van der Waals surface area contributed by atoms with Crippen molar-refractivity contribution in [2.24, 2.45) is 0 Å². The highest BCUT2D eigenvalue weighted by molar-refractivity contribution is 6.25. The molecule has 2 aromatic heterocycles. The number of para-hydroxylation sites is 1. The van der Waals surface area contributed by atoms with Crippen molar-refractivity contribution in [1.82, 2.24) is 14.5 Å². The number of rotatable bonds is 4. The van der Waals surface area contributed by atoms with Crippen LogP contribution in [0.2, 0.25) is 0 Å². The van der Waals surface area contributed by atoms with E-state index in [-0.39, 0.29) is 0 Å². The minimum absolute atomic E-state index is 0.840. The third kappa shape index (κ3) is 4.13. The summed E-state index contributed by atoms with van der Waals surface area (Å²) in [5, 5.41) is 7.66. The van der Waals surface area contributed by atoms with Crippen LogP contribution in [0.25, 0.3) is 82.8 Å². The smallest absolute Gasteiger partial charge is 0.165 e. The standard InChI is InChI=1S/C42H27N3/c1-3-12-28(13-4-1)33-24-25-43-42-40(33)44-41(45(42)32-16-5-2-6-17-32)31-15-11-14-29(26-31)30-22-23-38-36-20-8-7-18-34(36)35-19-9-10-21-37(35)39(38)27-30/h1-27H. The maximum absolute atomic E-state index is 5.30. The molecule has 0 unspecified atom stereocenters. The number of hydrogen-bond donors (Lipinski definition) is 0. The summed E-state index contributed by atoms with van der Waals surface area (Å²) in [5.74, 6) is 0.867. The lowest BCUT2D eigenvalue weighted by Crippen LogP contribution is -1.98. The lowest BCUT2D eigenvalue weighted by Gasteiger charge is -2.13. The van der Waals surface area contributed by atoms with Crippen LogP contribution in [-0.2, 0) is 0 Å². The van der Waals surface area contributed by atoms with Gasteiger partial charge in [-0.15, -0.1) is 0 Å². The van der Waals surface area contributed by atoms with Crippen molar-refractivity contribution < 1.29 is 0 Å². The van der Waals surface area contributed by atoms with E-state index in [0.29, 0.717) is 0 Å². The van der Waals surface area contributed by atoms with Crippen LogP contribution in [0.5, 0.6) is 0 Å². The molecule has 7 aromatic carbocycles. The molecule has 0 bridgehead atoms. The number of fused-ring (bicyclic) bond motifs is 7. The molecule has 2 heterocycles. The number of nitrogens with zero attached hydrogens (tertiary/aromatic N) is 3. The first kappa shape index (κ1) is 25.4. The van der Waals surface area contributed by atoms with E-state index in [0.717, 1.165) is 44.9 Å². The second-order valence-corrected chi connectivity index (χ2v) is 11.4. The lowest BCUT2D eigenvalue weighted by molar-refractivity contribution is 1.08. The lowest BCUT2D eigenvalue weighted by atomic mass is 9.92. The van der Waals surface area contributed by atoms with Crippen molar-refractivity contribution in [1.29, 1.82) is 0 Å². The molecule has 0 aliphatic rings. The molecular weight excluding hydrogens is 546 g/mol. The maximum Gasteiger partial charge on any atom is 0.165 e. The number of imidazole rings is 1. The fraction of sp³-hybridized carbons (Fsp3) is 0. The molecule has 0 N–H and O–H groups in total. The minimum atomic E-state index is 0.840. The Labute approximate surface area is 260 Å². The largest absolute Gasteiger partial charge is 0.277 e. The Hall–Kier alpha value is -6.06. The quantitative estimate of drug-likeness (QED) is 0.196. The van der Waals surface area contributed by atoms with Crippen LogP contribution in [0.15, 0.2) is 164 Å². The molecule has 3 heteroatoms. The predicted octanol–water partition coefficient (Wildman–Crippen LogP) is 10.9. The van der Waals surface area contributed by atoms with Gasteiger partial charge in [0.15, 0.2) is 5.65 Å². The van der Waals surface area contributed by atoms with Crippen LogP contribution in [0, 0.1) is 0 Å². The second-order valence-electron chi connectivity index (χ2n) is 11.4. The molecule has 9 aromatic rings. The van der Waals surface area contributed by atoms with Crippen molar-refractivity contribution >= 4 is 43.5 Å². The molecule has 45 heavy (non-hydrogen) atoms. The van der Waals surface area contributed by atoms with E-state index in [1.165, 1.54) is 37.9 Å². The highest BCUT2D eigenvalue weighted by Gasteiger charge is 2.19. The number of pyridine rings is 1. The number of aromatic nitrogens is 3. The fourth-order valence-electron chi connectivity index (χ4n) is 6.76. The Morgan fingerprint density at radius 3 is 1.67 bits per heavy atom. The van der Waals surface area contributed by atoms with Crippen LogP contribution in [0.3, 0.4) is 0 Å². The topological polar surface area (TPSA) is 30.7 Å². The first-order chi connectivity index (χ1) is 22.3. The summed E-state index contributed by atoms with van der Waals surface area (Å²) < 4.78 is 2.18. The van der Waals surface area contributed by atoms with Crippen molar-refractivity contribution in [2.75, 3.05) is 0 Å². The van der Waals surface area contributed by atoms with Gasteiger partial charge in [-0.2, -0.15) is 0 Å². The van der Waals surface area contributed by atoms with Crippen LogP contribution in [0.1, 0.15) is 0 Å². The van der Waals surface area contributed by atoms with E-state index in [2.05, 4.69) is 150 Å². The van der Waals surface area contributed by atoms with E-state index < -0.39 is 0 Å². The second kappa shape index (κ2) is 10.3. The zero-order valence-electron chi connectivity index (χ0n) is 24.4. The fourth-order valence-corrected chi connectivity index (χ4v) is 6.76. The summed E-state index contributed by atoms with van der Waals surface area (Å²) in [5.41, 5.74) is 8.31. The molecule has 210 valence electrons. The van der Waals surface area contributed by atoms with E-state index in [1.54, 1.807) is 0 Å². The molecule has 0 aliphatic heterocycles. The minimum Gasteiger partial charge on any atom is -0.277 e. The van der Waals surface area contributed by atoms with Gasteiger partial charge in [0.05, 0.1) is 0 Å². The number of hydrogen-bond acceptors (Lipinski definition) is 2. The molecule has 0 spiro atoms. The van der Waals surface area contributed by atoms with E-state index in [1.807, 2.05) is 18.3 Å². The maximum atomic E-state index is 5.30. The van der Waals surface area contributed by atoms with Gasteiger partial charge in [-0.25, -0.2) is 9.97 Å². The molecule has 0 saturated carbocycles.